The van der Waals surface area contributed by atoms with Crippen LogP contribution in [0.4, 0.5) is 4.39 Å². The van der Waals surface area contributed by atoms with Crippen LogP contribution in [0.3, 0.4) is 0 Å². The standard InChI is InChI=1S/C17H14FNO2/c1-10-7-12(8-15(18)11(10)2)9-19-16(20)13-5-3-4-6-14(13)17(19)21/h3-8H,9H2,1-2H3. The average molecular weight is 283 g/mol. The van der Waals surface area contributed by atoms with Crippen LogP contribution in [-0.2, 0) is 6.54 Å². The largest absolute Gasteiger partial charge is 0.270 e. The Labute approximate surface area is 122 Å². The van der Waals surface area contributed by atoms with Crippen LogP contribution in [0.2, 0.25) is 0 Å². The van der Waals surface area contributed by atoms with Crippen LogP contribution in [0.1, 0.15) is 37.4 Å². The molecule has 2 amide bonds. The van der Waals surface area contributed by atoms with Gasteiger partial charge in [-0.25, -0.2) is 4.39 Å². The predicted molar refractivity (Wildman–Crippen MR) is 76.5 cm³/mol. The number of halogens is 1. The molecule has 0 atom stereocenters. The first kappa shape index (κ1) is 13.5. The minimum absolute atomic E-state index is 0.0877. The van der Waals surface area contributed by atoms with Crippen molar-refractivity contribution in [2.45, 2.75) is 20.4 Å². The van der Waals surface area contributed by atoms with E-state index in [0.29, 0.717) is 22.3 Å². The van der Waals surface area contributed by atoms with Gasteiger partial charge in [0.1, 0.15) is 5.82 Å². The van der Waals surface area contributed by atoms with Crippen molar-refractivity contribution in [3.05, 3.63) is 70.0 Å². The molecule has 0 aliphatic carbocycles. The molecule has 0 bridgehead atoms. The zero-order valence-electron chi connectivity index (χ0n) is 11.8. The number of benzene rings is 2. The van der Waals surface area contributed by atoms with Crippen molar-refractivity contribution in [2.75, 3.05) is 0 Å². The highest BCUT2D eigenvalue weighted by atomic mass is 19.1. The van der Waals surface area contributed by atoms with Gasteiger partial charge in [-0.05, 0) is 48.7 Å². The number of carbonyl (C=O) groups is 2. The molecule has 3 rings (SSSR count). The highest BCUT2D eigenvalue weighted by Gasteiger charge is 2.35. The van der Waals surface area contributed by atoms with Crippen molar-refractivity contribution in [1.29, 1.82) is 0 Å². The van der Waals surface area contributed by atoms with Gasteiger partial charge in [0.25, 0.3) is 11.8 Å². The molecule has 0 radical (unpaired) electrons. The summed E-state index contributed by atoms with van der Waals surface area (Å²) in [5.41, 5.74) is 2.83. The number of carbonyl (C=O) groups excluding carboxylic acids is 2. The van der Waals surface area contributed by atoms with E-state index in [1.54, 1.807) is 31.2 Å². The highest BCUT2D eigenvalue weighted by molar-refractivity contribution is 6.21. The van der Waals surface area contributed by atoms with Gasteiger partial charge >= 0.3 is 0 Å². The fourth-order valence-electron chi connectivity index (χ4n) is 2.54. The first-order valence-electron chi connectivity index (χ1n) is 6.70. The second-order valence-corrected chi connectivity index (χ2v) is 5.26. The van der Waals surface area contributed by atoms with E-state index in [1.165, 1.54) is 6.07 Å². The van der Waals surface area contributed by atoms with Crippen LogP contribution in [0.15, 0.2) is 36.4 Å². The number of hydrogen-bond donors (Lipinski definition) is 0. The van der Waals surface area contributed by atoms with Crippen LogP contribution in [0, 0.1) is 19.7 Å². The molecule has 2 aromatic carbocycles. The molecule has 0 unspecified atom stereocenters. The van der Waals surface area contributed by atoms with E-state index in [4.69, 9.17) is 0 Å². The Kier molecular flexibility index (Phi) is 3.09. The Balaban J connectivity index is 1.94. The van der Waals surface area contributed by atoms with Gasteiger partial charge in [0.15, 0.2) is 0 Å². The molecule has 0 spiro atoms. The van der Waals surface area contributed by atoms with E-state index >= 15 is 0 Å². The summed E-state index contributed by atoms with van der Waals surface area (Å²) in [4.78, 5) is 25.7. The Morgan fingerprint density at radius 3 is 2.10 bits per heavy atom. The van der Waals surface area contributed by atoms with Gasteiger partial charge in [-0.3, -0.25) is 14.5 Å². The van der Waals surface area contributed by atoms with E-state index in [2.05, 4.69) is 0 Å². The smallest absolute Gasteiger partial charge is 0.261 e. The minimum atomic E-state index is -0.325. The van der Waals surface area contributed by atoms with Crippen LogP contribution in [0.25, 0.3) is 0 Å². The van der Waals surface area contributed by atoms with Crippen LogP contribution >= 0.6 is 0 Å². The molecule has 21 heavy (non-hydrogen) atoms. The van der Waals surface area contributed by atoms with E-state index in [9.17, 15) is 14.0 Å². The van der Waals surface area contributed by atoms with Gasteiger partial charge in [0.2, 0.25) is 0 Å². The lowest BCUT2D eigenvalue weighted by atomic mass is 10.1. The van der Waals surface area contributed by atoms with Crippen molar-refractivity contribution in [3.8, 4) is 0 Å². The highest BCUT2D eigenvalue weighted by Crippen LogP contribution is 2.25. The van der Waals surface area contributed by atoms with Gasteiger partial charge in [0.05, 0.1) is 17.7 Å². The molecule has 0 saturated heterocycles. The summed E-state index contributed by atoms with van der Waals surface area (Å²) in [5, 5.41) is 0. The summed E-state index contributed by atoms with van der Waals surface area (Å²) >= 11 is 0. The summed E-state index contributed by atoms with van der Waals surface area (Å²) in [5.74, 6) is -0.968. The first-order valence-corrected chi connectivity index (χ1v) is 6.70. The fraction of sp³-hybridized carbons (Fsp3) is 0.176. The molecule has 106 valence electrons. The van der Waals surface area contributed by atoms with Crippen molar-refractivity contribution in [2.24, 2.45) is 0 Å². The molecule has 1 heterocycles. The molecular weight excluding hydrogens is 269 g/mol. The normalized spacial score (nSPS) is 13.8. The second kappa shape index (κ2) is 4.81. The van der Waals surface area contributed by atoms with E-state index in [1.807, 2.05) is 13.0 Å². The number of rotatable bonds is 2. The lowest BCUT2D eigenvalue weighted by Gasteiger charge is -2.15. The summed E-state index contributed by atoms with van der Waals surface area (Å²) in [7, 11) is 0. The van der Waals surface area contributed by atoms with Gasteiger partial charge in [0, 0.05) is 0 Å². The van der Waals surface area contributed by atoms with Crippen molar-refractivity contribution < 1.29 is 14.0 Å². The topological polar surface area (TPSA) is 37.4 Å². The molecule has 1 aliphatic rings. The maximum Gasteiger partial charge on any atom is 0.261 e. The first-order chi connectivity index (χ1) is 9.99. The Morgan fingerprint density at radius 1 is 1.00 bits per heavy atom. The fourth-order valence-corrected chi connectivity index (χ4v) is 2.54. The molecule has 1 aliphatic heterocycles. The summed E-state index contributed by atoms with van der Waals surface area (Å²) in [6.45, 7) is 3.60. The number of imide groups is 1. The summed E-state index contributed by atoms with van der Waals surface area (Å²) in [6.07, 6.45) is 0. The molecule has 3 nitrogen and oxygen atoms in total. The third-order valence-corrected chi connectivity index (χ3v) is 3.88. The van der Waals surface area contributed by atoms with Crippen molar-refractivity contribution in [3.63, 3.8) is 0 Å². The number of amides is 2. The van der Waals surface area contributed by atoms with E-state index in [0.717, 1.165) is 10.5 Å². The monoisotopic (exact) mass is 283 g/mol. The quantitative estimate of drug-likeness (QED) is 0.793. The predicted octanol–water partition coefficient (Wildman–Crippen LogP) is 3.24. The maximum atomic E-state index is 13.8. The number of nitrogens with zero attached hydrogens (tertiary/aromatic N) is 1. The van der Waals surface area contributed by atoms with Crippen LogP contribution < -0.4 is 0 Å². The number of fused-ring (bicyclic) bond motifs is 1. The molecule has 0 N–H and O–H groups in total. The Hall–Kier alpha value is -2.49. The van der Waals surface area contributed by atoms with Gasteiger partial charge in [-0.2, -0.15) is 0 Å². The van der Waals surface area contributed by atoms with E-state index in [-0.39, 0.29) is 24.2 Å². The third kappa shape index (κ3) is 2.13. The number of aryl methyl sites for hydroxylation is 1. The summed E-state index contributed by atoms with van der Waals surface area (Å²) < 4.78 is 13.8. The molecule has 2 aromatic rings. The van der Waals surface area contributed by atoms with E-state index < -0.39 is 0 Å². The molecule has 0 fully saturated rings. The number of hydrogen-bond acceptors (Lipinski definition) is 2. The zero-order chi connectivity index (χ0) is 15.1. The maximum absolute atomic E-state index is 13.8. The zero-order valence-corrected chi connectivity index (χ0v) is 11.8. The van der Waals surface area contributed by atoms with Gasteiger partial charge < -0.3 is 0 Å². The second-order valence-electron chi connectivity index (χ2n) is 5.26. The molecule has 0 aromatic heterocycles. The summed E-state index contributed by atoms with van der Waals surface area (Å²) in [6, 6.07) is 9.91. The van der Waals surface area contributed by atoms with Crippen LogP contribution in [0.5, 0.6) is 0 Å². The molecule has 4 heteroatoms. The molecular formula is C17H14FNO2. The van der Waals surface area contributed by atoms with Gasteiger partial charge in [-0.1, -0.05) is 18.2 Å². The molecule has 0 saturated carbocycles. The average Bonchev–Trinajstić information content (AvgIpc) is 2.70. The lowest BCUT2D eigenvalue weighted by Crippen LogP contribution is -2.29. The van der Waals surface area contributed by atoms with Gasteiger partial charge in [-0.15, -0.1) is 0 Å². The SMILES string of the molecule is Cc1cc(CN2C(=O)c3ccccc3C2=O)cc(F)c1C. The Bertz CT molecular complexity index is 709. The van der Waals surface area contributed by atoms with Crippen molar-refractivity contribution in [1.82, 2.24) is 4.90 Å². The minimum Gasteiger partial charge on any atom is -0.270 e. The third-order valence-electron chi connectivity index (χ3n) is 3.88. The lowest BCUT2D eigenvalue weighted by molar-refractivity contribution is 0.0642. The Morgan fingerprint density at radius 2 is 1.57 bits per heavy atom. The van der Waals surface area contributed by atoms with Crippen LogP contribution in [-0.4, -0.2) is 16.7 Å². The van der Waals surface area contributed by atoms with Crippen molar-refractivity contribution >= 4 is 11.8 Å².